The minimum absolute atomic E-state index is 0.401. The molecule has 0 amide bonds. The smallest absolute Gasteiger partial charge is 0.161 e. The summed E-state index contributed by atoms with van der Waals surface area (Å²) in [6, 6.07) is 4.08. The minimum atomic E-state index is 0.401. The molecule has 5 heteroatoms. The number of ether oxygens (including phenoxy) is 1. The van der Waals surface area contributed by atoms with Gasteiger partial charge in [-0.1, -0.05) is 0 Å². The van der Waals surface area contributed by atoms with Crippen molar-refractivity contribution in [2.24, 2.45) is 5.92 Å². The maximum Gasteiger partial charge on any atom is 0.161 e. The van der Waals surface area contributed by atoms with Crippen molar-refractivity contribution in [2.45, 2.75) is 44.7 Å². The van der Waals surface area contributed by atoms with Gasteiger partial charge in [-0.3, -0.25) is 9.47 Å². The lowest BCUT2D eigenvalue weighted by Gasteiger charge is -2.35. The van der Waals surface area contributed by atoms with Gasteiger partial charge >= 0.3 is 0 Å². The second-order valence-electron chi connectivity index (χ2n) is 6.96. The van der Waals surface area contributed by atoms with Gasteiger partial charge in [0.2, 0.25) is 0 Å². The topological polar surface area (TPSA) is 43.2 Å². The van der Waals surface area contributed by atoms with Gasteiger partial charge in [0, 0.05) is 25.8 Å². The summed E-state index contributed by atoms with van der Waals surface area (Å²) in [7, 11) is 2.23. The highest BCUT2D eigenvalue weighted by Crippen LogP contribution is 2.31. The summed E-state index contributed by atoms with van der Waals surface area (Å²) in [5.41, 5.74) is 2.09. The van der Waals surface area contributed by atoms with Crippen LogP contribution >= 0.6 is 0 Å². The van der Waals surface area contributed by atoms with E-state index in [2.05, 4.69) is 27.6 Å². The first-order chi connectivity index (χ1) is 11.3. The molecule has 0 N–H and O–H groups in total. The number of nitrogens with zero attached hydrogens (tertiary/aromatic N) is 4. The molecule has 23 heavy (non-hydrogen) atoms. The molecule has 5 nitrogen and oxygen atoms in total. The highest BCUT2D eigenvalue weighted by atomic mass is 16.5. The molecule has 0 saturated carbocycles. The number of hydrogen-bond donors (Lipinski definition) is 0. The molecule has 0 bridgehead atoms. The van der Waals surface area contributed by atoms with Crippen molar-refractivity contribution in [3.8, 4) is 0 Å². The van der Waals surface area contributed by atoms with Crippen molar-refractivity contribution >= 4 is 11.2 Å². The molecule has 0 aliphatic carbocycles. The fourth-order valence-electron chi connectivity index (χ4n) is 4.03. The van der Waals surface area contributed by atoms with Crippen LogP contribution in [-0.2, 0) is 11.2 Å². The Balaban J connectivity index is 1.71. The Kier molecular flexibility index (Phi) is 4.31. The van der Waals surface area contributed by atoms with E-state index in [0.717, 1.165) is 50.2 Å². The summed E-state index contributed by atoms with van der Waals surface area (Å²) >= 11 is 0. The zero-order valence-corrected chi connectivity index (χ0v) is 13.9. The Morgan fingerprint density at radius 3 is 2.91 bits per heavy atom. The molecular weight excluding hydrogens is 288 g/mol. The van der Waals surface area contributed by atoms with Crippen LogP contribution in [0.3, 0.4) is 0 Å². The van der Waals surface area contributed by atoms with E-state index in [1.54, 1.807) is 0 Å². The largest absolute Gasteiger partial charge is 0.381 e. The van der Waals surface area contributed by atoms with E-state index in [0.29, 0.717) is 12.1 Å². The van der Waals surface area contributed by atoms with Crippen LogP contribution in [0, 0.1) is 5.92 Å². The first-order valence-corrected chi connectivity index (χ1v) is 8.93. The van der Waals surface area contributed by atoms with Gasteiger partial charge in [0.05, 0.1) is 6.17 Å². The highest BCUT2D eigenvalue weighted by molar-refractivity contribution is 5.71. The second-order valence-corrected chi connectivity index (χ2v) is 6.96. The fourth-order valence-corrected chi connectivity index (χ4v) is 4.03. The van der Waals surface area contributed by atoms with Gasteiger partial charge in [0.15, 0.2) is 5.65 Å². The number of fused-ring (bicyclic) bond motifs is 1. The first-order valence-electron chi connectivity index (χ1n) is 8.93. The Morgan fingerprint density at radius 1 is 1.22 bits per heavy atom. The Hall–Kier alpha value is -1.46. The van der Waals surface area contributed by atoms with Crippen LogP contribution in [0.5, 0.6) is 0 Å². The van der Waals surface area contributed by atoms with Gasteiger partial charge in [-0.25, -0.2) is 9.97 Å². The summed E-state index contributed by atoms with van der Waals surface area (Å²) in [5, 5.41) is 0. The summed E-state index contributed by atoms with van der Waals surface area (Å²) < 4.78 is 7.93. The van der Waals surface area contributed by atoms with Crippen LogP contribution < -0.4 is 0 Å². The van der Waals surface area contributed by atoms with Gasteiger partial charge in [-0.05, 0) is 63.7 Å². The highest BCUT2D eigenvalue weighted by Gasteiger charge is 2.27. The van der Waals surface area contributed by atoms with Crippen molar-refractivity contribution in [3.63, 3.8) is 0 Å². The predicted molar refractivity (Wildman–Crippen MR) is 90.3 cm³/mol. The van der Waals surface area contributed by atoms with Crippen LogP contribution in [0.15, 0.2) is 18.3 Å². The van der Waals surface area contributed by atoms with Gasteiger partial charge in [-0.15, -0.1) is 0 Å². The first kappa shape index (κ1) is 15.1. The zero-order valence-electron chi connectivity index (χ0n) is 13.9. The number of rotatable bonds is 3. The monoisotopic (exact) mass is 314 g/mol. The molecule has 1 atom stereocenters. The van der Waals surface area contributed by atoms with Gasteiger partial charge in [0.25, 0.3) is 0 Å². The van der Waals surface area contributed by atoms with E-state index in [1.165, 1.54) is 25.1 Å². The molecule has 2 saturated heterocycles. The number of imidazole rings is 1. The van der Waals surface area contributed by atoms with Crippen LogP contribution in [-0.4, -0.2) is 46.2 Å². The maximum absolute atomic E-state index is 5.51. The lowest BCUT2D eigenvalue weighted by molar-refractivity contribution is 0.0645. The third-order valence-corrected chi connectivity index (χ3v) is 5.36. The Morgan fingerprint density at radius 2 is 2.09 bits per heavy atom. The third-order valence-electron chi connectivity index (χ3n) is 5.36. The third kappa shape index (κ3) is 3.00. The molecule has 2 aromatic rings. The summed E-state index contributed by atoms with van der Waals surface area (Å²) in [4.78, 5) is 12.1. The maximum atomic E-state index is 5.51. The Labute approximate surface area is 137 Å². The molecule has 2 aromatic heterocycles. The van der Waals surface area contributed by atoms with Crippen molar-refractivity contribution in [3.05, 3.63) is 24.2 Å². The molecule has 0 aromatic carbocycles. The van der Waals surface area contributed by atoms with Crippen LogP contribution in [0.25, 0.3) is 11.2 Å². The quantitative estimate of drug-likeness (QED) is 0.873. The van der Waals surface area contributed by atoms with Gasteiger partial charge in [0.1, 0.15) is 11.3 Å². The lowest BCUT2D eigenvalue weighted by Crippen LogP contribution is -2.35. The summed E-state index contributed by atoms with van der Waals surface area (Å²) in [6.07, 6.45) is 9.42. The molecule has 1 unspecified atom stereocenters. The van der Waals surface area contributed by atoms with Crippen molar-refractivity contribution in [1.29, 1.82) is 0 Å². The van der Waals surface area contributed by atoms with E-state index in [-0.39, 0.29) is 0 Å². The molecule has 0 radical (unpaired) electrons. The lowest BCUT2D eigenvalue weighted by atomic mass is 9.96. The normalized spacial score (nSPS) is 24.3. The second kappa shape index (κ2) is 6.57. The van der Waals surface area contributed by atoms with Crippen molar-refractivity contribution in [1.82, 2.24) is 19.4 Å². The number of pyridine rings is 1. The Bertz CT molecular complexity index is 662. The molecule has 0 spiro atoms. The molecule has 4 heterocycles. The summed E-state index contributed by atoms with van der Waals surface area (Å²) in [5.74, 6) is 1.90. The molecule has 2 aliphatic heterocycles. The molecule has 2 aliphatic rings. The fraction of sp³-hybridized carbons (Fsp3) is 0.667. The predicted octanol–water partition coefficient (Wildman–Crippen LogP) is 3.01. The van der Waals surface area contributed by atoms with Crippen molar-refractivity contribution < 1.29 is 4.74 Å². The van der Waals surface area contributed by atoms with Gasteiger partial charge < -0.3 is 4.74 Å². The zero-order chi connectivity index (χ0) is 15.6. The minimum Gasteiger partial charge on any atom is -0.381 e. The standard InChI is InChI=1S/C18H26N4O/c1-21-10-3-2-6-17(21)22-16(13-14-7-11-23-12-8-14)20-15-5-4-9-19-18(15)22/h4-5,9,14,17H,2-3,6-8,10-13H2,1H3. The number of likely N-dealkylation sites (tertiary alicyclic amines) is 1. The molecule has 2 fully saturated rings. The van der Waals surface area contributed by atoms with Crippen LogP contribution in [0.2, 0.25) is 0 Å². The summed E-state index contributed by atoms with van der Waals surface area (Å²) in [6.45, 7) is 2.95. The average molecular weight is 314 g/mol. The van der Waals surface area contributed by atoms with Crippen LogP contribution in [0.1, 0.15) is 44.1 Å². The van der Waals surface area contributed by atoms with E-state index in [1.807, 2.05) is 12.3 Å². The van der Waals surface area contributed by atoms with E-state index in [9.17, 15) is 0 Å². The number of aromatic nitrogens is 3. The van der Waals surface area contributed by atoms with Gasteiger partial charge in [-0.2, -0.15) is 0 Å². The molecule has 124 valence electrons. The van der Waals surface area contributed by atoms with Crippen molar-refractivity contribution in [2.75, 3.05) is 26.8 Å². The van der Waals surface area contributed by atoms with E-state index < -0.39 is 0 Å². The molecule has 4 rings (SSSR count). The van der Waals surface area contributed by atoms with E-state index in [4.69, 9.17) is 9.72 Å². The van der Waals surface area contributed by atoms with Crippen LogP contribution in [0.4, 0.5) is 0 Å². The van der Waals surface area contributed by atoms with E-state index >= 15 is 0 Å². The molecular formula is C18H26N4O. The SMILES string of the molecule is CN1CCCCC1n1c(CC2CCOCC2)nc2cccnc21. The number of piperidine rings is 1. The number of hydrogen-bond acceptors (Lipinski definition) is 4. The average Bonchev–Trinajstić information content (AvgIpc) is 2.94.